The second kappa shape index (κ2) is 5.47. The zero-order valence-corrected chi connectivity index (χ0v) is 11.5. The first-order chi connectivity index (χ1) is 10.1. The number of benzene rings is 1. The lowest BCUT2D eigenvalue weighted by atomic mass is 10.1. The molecule has 0 saturated heterocycles. The Bertz CT molecular complexity index is 687. The van der Waals surface area contributed by atoms with E-state index in [2.05, 4.69) is 14.9 Å². The molecular weight excluding hydrogens is 274 g/mol. The molecule has 21 heavy (non-hydrogen) atoms. The van der Waals surface area contributed by atoms with Crippen molar-refractivity contribution in [1.82, 2.24) is 19.8 Å². The maximum atomic E-state index is 13.3. The number of hydrogen-bond acceptors (Lipinski definition) is 4. The molecule has 1 aromatic heterocycles. The Morgan fingerprint density at radius 1 is 1.14 bits per heavy atom. The predicted octanol–water partition coefficient (Wildman–Crippen LogP) is 2.60. The summed E-state index contributed by atoms with van der Waals surface area (Å²) in [5.74, 6) is -1.10. The van der Waals surface area contributed by atoms with Gasteiger partial charge in [0, 0.05) is 31.2 Å². The first-order valence-corrected chi connectivity index (χ1v) is 6.52. The fraction of sp³-hybridized carbons (Fsp3) is 0.200. The first kappa shape index (κ1) is 13.5. The highest BCUT2D eigenvalue weighted by atomic mass is 19.2. The zero-order chi connectivity index (χ0) is 14.8. The maximum Gasteiger partial charge on any atom is 0.159 e. The molecule has 2 heterocycles. The average molecular weight is 288 g/mol. The van der Waals surface area contributed by atoms with Gasteiger partial charge in [0.05, 0.1) is 18.9 Å². The van der Waals surface area contributed by atoms with Gasteiger partial charge < -0.3 is 9.80 Å². The highest BCUT2D eigenvalue weighted by molar-refractivity contribution is 5.58. The number of nitrogens with zero attached hydrogens (tertiary/aromatic N) is 4. The van der Waals surface area contributed by atoms with Gasteiger partial charge in [-0.05, 0) is 24.3 Å². The van der Waals surface area contributed by atoms with Gasteiger partial charge in [0.15, 0.2) is 11.6 Å². The quantitative estimate of drug-likeness (QED) is 0.869. The third-order valence-corrected chi connectivity index (χ3v) is 3.20. The molecule has 1 aliphatic heterocycles. The van der Waals surface area contributed by atoms with Crippen LogP contribution in [0.15, 0.2) is 42.9 Å². The number of halogens is 2. The molecule has 0 saturated carbocycles. The molecule has 0 atom stereocenters. The number of aromatic nitrogens is 2. The van der Waals surface area contributed by atoms with E-state index in [1.165, 1.54) is 6.07 Å². The minimum atomic E-state index is -0.878. The summed E-state index contributed by atoms with van der Waals surface area (Å²) < 4.78 is 26.3. The summed E-state index contributed by atoms with van der Waals surface area (Å²) >= 11 is 0. The van der Waals surface area contributed by atoms with E-state index in [1.54, 1.807) is 12.3 Å². The number of rotatable bonds is 3. The Labute approximate surface area is 121 Å². The van der Waals surface area contributed by atoms with Crippen molar-refractivity contribution in [2.75, 3.05) is 13.7 Å². The summed E-state index contributed by atoms with van der Waals surface area (Å²) in [6, 6.07) is 5.44. The van der Waals surface area contributed by atoms with E-state index in [4.69, 9.17) is 0 Å². The summed E-state index contributed by atoms with van der Waals surface area (Å²) in [7, 11) is 1.98. The second-order valence-electron chi connectivity index (χ2n) is 4.93. The molecule has 1 aliphatic rings. The van der Waals surface area contributed by atoms with Crippen molar-refractivity contribution < 1.29 is 8.78 Å². The molecule has 0 amide bonds. The van der Waals surface area contributed by atoms with Crippen molar-refractivity contribution in [3.63, 3.8) is 0 Å². The van der Waals surface area contributed by atoms with Gasteiger partial charge in [-0.1, -0.05) is 0 Å². The van der Waals surface area contributed by atoms with Gasteiger partial charge in [-0.3, -0.25) is 0 Å². The Morgan fingerprint density at radius 3 is 2.71 bits per heavy atom. The smallest absolute Gasteiger partial charge is 0.159 e. The van der Waals surface area contributed by atoms with Crippen LogP contribution in [0, 0.1) is 11.6 Å². The minimum Gasteiger partial charge on any atom is -0.362 e. The lowest BCUT2D eigenvalue weighted by Crippen LogP contribution is -2.22. The predicted molar refractivity (Wildman–Crippen MR) is 74.7 cm³/mol. The van der Waals surface area contributed by atoms with Crippen LogP contribution in [0.3, 0.4) is 0 Å². The van der Waals surface area contributed by atoms with E-state index >= 15 is 0 Å². The van der Waals surface area contributed by atoms with Crippen LogP contribution >= 0.6 is 0 Å². The van der Waals surface area contributed by atoms with Crippen molar-refractivity contribution >= 4 is 0 Å². The van der Waals surface area contributed by atoms with Gasteiger partial charge in [-0.15, -0.1) is 0 Å². The topological polar surface area (TPSA) is 32.3 Å². The normalized spacial score (nSPS) is 14.0. The van der Waals surface area contributed by atoms with E-state index in [1.807, 2.05) is 24.3 Å². The molecular formula is C15H14F2N4. The van der Waals surface area contributed by atoms with Gasteiger partial charge in [-0.25, -0.2) is 18.7 Å². The summed E-state index contributed by atoms with van der Waals surface area (Å²) in [6.07, 6.45) is 5.56. The van der Waals surface area contributed by atoms with Gasteiger partial charge >= 0.3 is 0 Å². The van der Waals surface area contributed by atoms with Gasteiger partial charge in [-0.2, -0.15) is 0 Å². The summed E-state index contributed by atoms with van der Waals surface area (Å²) in [6.45, 7) is 1.34. The van der Waals surface area contributed by atoms with Gasteiger partial charge in [0.1, 0.15) is 5.82 Å². The van der Waals surface area contributed by atoms with Crippen LogP contribution in [-0.4, -0.2) is 33.5 Å². The van der Waals surface area contributed by atoms with Crippen LogP contribution in [0.2, 0.25) is 0 Å². The Kier molecular flexibility index (Phi) is 3.51. The van der Waals surface area contributed by atoms with E-state index in [9.17, 15) is 8.78 Å². The van der Waals surface area contributed by atoms with E-state index in [0.717, 1.165) is 18.8 Å². The molecule has 2 aromatic rings. The van der Waals surface area contributed by atoms with Crippen molar-refractivity contribution in [3.05, 3.63) is 60.3 Å². The van der Waals surface area contributed by atoms with E-state index < -0.39 is 11.6 Å². The molecule has 108 valence electrons. The lowest BCUT2D eigenvalue weighted by Gasteiger charge is -2.17. The van der Waals surface area contributed by atoms with Gasteiger partial charge in [0.2, 0.25) is 0 Å². The van der Waals surface area contributed by atoms with Gasteiger partial charge in [0.25, 0.3) is 0 Å². The fourth-order valence-electron chi connectivity index (χ4n) is 2.16. The van der Waals surface area contributed by atoms with Crippen LogP contribution in [0.1, 0.15) is 5.82 Å². The molecule has 0 aliphatic carbocycles. The first-order valence-electron chi connectivity index (χ1n) is 6.52. The Balaban J connectivity index is 1.82. The monoisotopic (exact) mass is 288 g/mol. The summed E-state index contributed by atoms with van der Waals surface area (Å²) in [5.41, 5.74) is 1.11. The van der Waals surface area contributed by atoms with E-state index in [0.29, 0.717) is 23.6 Å². The van der Waals surface area contributed by atoms with Crippen LogP contribution in [0.25, 0.3) is 11.3 Å². The average Bonchev–Trinajstić information content (AvgIpc) is 2.87. The molecule has 3 rings (SSSR count). The third-order valence-electron chi connectivity index (χ3n) is 3.20. The molecule has 4 nitrogen and oxygen atoms in total. The molecule has 0 unspecified atom stereocenters. The Morgan fingerprint density at radius 2 is 2.00 bits per heavy atom. The highest BCUT2D eigenvalue weighted by Gasteiger charge is 2.11. The largest absolute Gasteiger partial charge is 0.362 e. The Hall–Kier alpha value is -2.50. The molecule has 0 radical (unpaired) electrons. The third kappa shape index (κ3) is 2.99. The van der Waals surface area contributed by atoms with Crippen LogP contribution < -0.4 is 0 Å². The molecule has 0 fully saturated rings. The second-order valence-corrected chi connectivity index (χ2v) is 4.93. The molecule has 0 bridgehead atoms. The molecule has 6 heteroatoms. The van der Waals surface area contributed by atoms with Crippen molar-refractivity contribution in [3.8, 4) is 11.3 Å². The number of hydrogen-bond donors (Lipinski definition) is 0. The fourth-order valence-corrected chi connectivity index (χ4v) is 2.16. The molecule has 0 spiro atoms. The molecule has 0 N–H and O–H groups in total. The van der Waals surface area contributed by atoms with E-state index in [-0.39, 0.29) is 0 Å². The van der Waals surface area contributed by atoms with Crippen molar-refractivity contribution in [1.29, 1.82) is 0 Å². The van der Waals surface area contributed by atoms with Crippen molar-refractivity contribution in [2.45, 2.75) is 6.54 Å². The molecule has 1 aromatic carbocycles. The highest BCUT2D eigenvalue weighted by Crippen LogP contribution is 2.19. The SMILES string of the molecule is CN1C=CN(Cc2nccc(-c3ccc(F)c(F)c3)n2)C1. The van der Waals surface area contributed by atoms with Crippen LogP contribution in [-0.2, 0) is 6.54 Å². The van der Waals surface area contributed by atoms with Crippen molar-refractivity contribution in [2.24, 2.45) is 0 Å². The maximum absolute atomic E-state index is 13.3. The van der Waals surface area contributed by atoms with Crippen LogP contribution in [0.4, 0.5) is 8.78 Å². The summed E-state index contributed by atoms with van der Waals surface area (Å²) in [4.78, 5) is 12.7. The lowest BCUT2D eigenvalue weighted by molar-refractivity contribution is 0.285. The minimum absolute atomic E-state index is 0.534. The van der Waals surface area contributed by atoms with Crippen LogP contribution in [0.5, 0.6) is 0 Å². The zero-order valence-electron chi connectivity index (χ0n) is 11.5. The summed E-state index contributed by atoms with van der Waals surface area (Å²) in [5, 5.41) is 0. The standard InChI is InChI=1S/C15H14F2N4/c1-20-6-7-21(10-20)9-15-18-5-4-14(19-15)11-2-3-12(16)13(17)8-11/h2-8H,9-10H2,1H3.